The standard InChI is InChI=1S/C20H24N2O4S/c1-2-26-20-14-16(6-11-19(20)23)15-21-17-7-9-18(10-8-17)27(24,25)22-12-4-3-5-13-22/h6-11,14-15,23H,2-5,12-13H2,1H3. The number of piperidine rings is 1. The minimum Gasteiger partial charge on any atom is -0.504 e. The molecule has 3 rings (SSSR count). The van der Waals surface area contributed by atoms with E-state index < -0.39 is 10.0 Å². The Labute approximate surface area is 160 Å². The van der Waals surface area contributed by atoms with Gasteiger partial charge in [0, 0.05) is 19.3 Å². The molecule has 27 heavy (non-hydrogen) atoms. The lowest BCUT2D eigenvalue weighted by atomic mass is 10.2. The Morgan fingerprint density at radius 2 is 1.81 bits per heavy atom. The van der Waals surface area contributed by atoms with E-state index in [-0.39, 0.29) is 5.75 Å². The summed E-state index contributed by atoms with van der Waals surface area (Å²) in [5, 5.41) is 9.74. The number of hydrogen-bond donors (Lipinski definition) is 1. The molecular weight excluding hydrogens is 364 g/mol. The molecule has 0 spiro atoms. The van der Waals surface area contributed by atoms with Crippen LogP contribution < -0.4 is 4.74 Å². The Balaban J connectivity index is 1.74. The molecule has 1 N–H and O–H groups in total. The number of sulfonamides is 1. The number of hydrogen-bond acceptors (Lipinski definition) is 5. The van der Waals surface area contributed by atoms with Gasteiger partial charge in [-0.2, -0.15) is 4.31 Å². The highest BCUT2D eigenvalue weighted by Crippen LogP contribution is 2.27. The molecule has 1 aliphatic heterocycles. The first-order valence-corrected chi connectivity index (χ1v) is 10.5. The molecule has 6 nitrogen and oxygen atoms in total. The highest BCUT2D eigenvalue weighted by atomic mass is 32.2. The maximum Gasteiger partial charge on any atom is 0.243 e. The molecule has 0 unspecified atom stereocenters. The largest absolute Gasteiger partial charge is 0.504 e. The Hall–Kier alpha value is -2.38. The van der Waals surface area contributed by atoms with Crippen molar-refractivity contribution in [2.24, 2.45) is 4.99 Å². The molecule has 0 aromatic heterocycles. The van der Waals surface area contributed by atoms with Crippen LogP contribution in [0.4, 0.5) is 5.69 Å². The van der Waals surface area contributed by atoms with Crippen LogP contribution in [0.15, 0.2) is 52.4 Å². The number of aromatic hydroxyl groups is 1. The average molecular weight is 388 g/mol. The first-order valence-electron chi connectivity index (χ1n) is 9.11. The zero-order valence-corrected chi connectivity index (χ0v) is 16.2. The summed E-state index contributed by atoms with van der Waals surface area (Å²) in [6.07, 6.45) is 4.56. The molecule has 2 aromatic carbocycles. The normalized spacial score (nSPS) is 15.9. The quantitative estimate of drug-likeness (QED) is 0.765. The summed E-state index contributed by atoms with van der Waals surface area (Å²) in [6, 6.07) is 11.6. The van der Waals surface area contributed by atoms with Crippen LogP contribution >= 0.6 is 0 Å². The van der Waals surface area contributed by atoms with Crippen molar-refractivity contribution < 1.29 is 18.3 Å². The highest BCUT2D eigenvalue weighted by molar-refractivity contribution is 7.89. The molecule has 1 aliphatic rings. The molecule has 2 aromatic rings. The number of benzene rings is 2. The number of nitrogens with zero attached hydrogens (tertiary/aromatic N) is 2. The second-order valence-electron chi connectivity index (χ2n) is 6.38. The first-order chi connectivity index (χ1) is 13.0. The summed E-state index contributed by atoms with van der Waals surface area (Å²) in [4.78, 5) is 4.67. The fourth-order valence-electron chi connectivity index (χ4n) is 2.99. The maximum atomic E-state index is 12.7. The van der Waals surface area contributed by atoms with Crippen LogP contribution in [0.1, 0.15) is 31.7 Å². The van der Waals surface area contributed by atoms with Crippen LogP contribution in [0.5, 0.6) is 11.5 Å². The Morgan fingerprint density at radius 1 is 1.11 bits per heavy atom. The SMILES string of the molecule is CCOc1cc(C=Nc2ccc(S(=O)(=O)N3CCCCC3)cc2)ccc1O. The summed E-state index contributed by atoms with van der Waals surface area (Å²) in [6.45, 7) is 3.48. The van der Waals surface area contributed by atoms with Crippen molar-refractivity contribution in [1.82, 2.24) is 4.31 Å². The third-order valence-electron chi connectivity index (χ3n) is 4.44. The van der Waals surface area contributed by atoms with Crippen molar-refractivity contribution >= 4 is 21.9 Å². The van der Waals surface area contributed by atoms with Gasteiger partial charge in [-0.1, -0.05) is 6.42 Å². The summed E-state index contributed by atoms with van der Waals surface area (Å²) in [5.41, 5.74) is 1.43. The van der Waals surface area contributed by atoms with Crippen molar-refractivity contribution in [3.05, 3.63) is 48.0 Å². The molecule has 0 amide bonds. The third kappa shape index (κ3) is 4.67. The summed E-state index contributed by atoms with van der Waals surface area (Å²) < 4.78 is 32.2. The van der Waals surface area contributed by atoms with Gasteiger partial charge in [0.2, 0.25) is 10.0 Å². The first kappa shape index (κ1) is 19.4. The average Bonchev–Trinajstić information content (AvgIpc) is 2.70. The second-order valence-corrected chi connectivity index (χ2v) is 8.31. The molecule has 1 fully saturated rings. The lowest BCUT2D eigenvalue weighted by Crippen LogP contribution is -2.35. The maximum absolute atomic E-state index is 12.7. The van der Waals surface area contributed by atoms with Gasteiger partial charge in [0.1, 0.15) is 0 Å². The van der Waals surface area contributed by atoms with Gasteiger partial charge in [-0.3, -0.25) is 4.99 Å². The van der Waals surface area contributed by atoms with Crippen LogP contribution in [-0.2, 0) is 10.0 Å². The molecule has 0 radical (unpaired) electrons. The molecular formula is C20H24N2O4S. The van der Waals surface area contributed by atoms with E-state index in [2.05, 4.69) is 4.99 Å². The third-order valence-corrected chi connectivity index (χ3v) is 6.35. The van der Waals surface area contributed by atoms with Gasteiger partial charge >= 0.3 is 0 Å². The van der Waals surface area contributed by atoms with E-state index in [1.165, 1.54) is 0 Å². The Bertz CT molecular complexity index is 902. The van der Waals surface area contributed by atoms with E-state index in [0.717, 1.165) is 24.8 Å². The zero-order valence-electron chi connectivity index (χ0n) is 15.3. The van der Waals surface area contributed by atoms with E-state index in [1.54, 1.807) is 53.0 Å². The lowest BCUT2D eigenvalue weighted by Gasteiger charge is -2.25. The molecule has 0 aliphatic carbocycles. The van der Waals surface area contributed by atoms with Crippen LogP contribution in [-0.4, -0.2) is 43.7 Å². The van der Waals surface area contributed by atoms with Crippen molar-refractivity contribution in [2.75, 3.05) is 19.7 Å². The van der Waals surface area contributed by atoms with Crippen molar-refractivity contribution in [3.63, 3.8) is 0 Å². The summed E-state index contributed by atoms with van der Waals surface area (Å²) >= 11 is 0. The predicted octanol–water partition coefficient (Wildman–Crippen LogP) is 3.72. The Kier molecular flexibility index (Phi) is 6.13. The fourth-order valence-corrected chi connectivity index (χ4v) is 4.51. The topological polar surface area (TPSA) is 79.2 Å². The monoisotopic (exact) mass is 388 g/mol. The van der Waals surface area contributed by atoms with Gasteiger partial charge in [0.05, 0.1) is 17.2 Å². The van der Waals surface area contributed by atoms with Crippen molar-refractivity contribution in [3.8, 4) is 11.5 Å². The van der Waals surface area contributed by atoms with Crippen LogP contribution in [0.25, 0.3) is 0 Å². The van der Waals surface area contributed by atoms with E-state index in [1.807, 2.05) is 6.92 Å². The van der Waals surface area contributed by atoms with Gasteiger partial charge in [0.25, 0.3) is 0 Å². The smallest absolute Gasteiger partial charge is 0.243 e. The summed E-state index contributed by atoms with van der Waals surface area (Å²) in [5.74, 6) is 0.491. The number of phenols is 1. The van der Waals surface area contributed by atoms with E-state index in [0.29, 0.717) is 36.0 Å². The van der Waals surface area contributed by atoms with Crippen molar-refractivity contribution in [2.45, 2.75) is 31.1 Å². The highest BCUT2D eigenvalue weighted by Gasteiger charge is 2.25. The molecule has 144 valence electrons. The Morgan fingerprint density at radius 3 is 2.48 bits per heavy atom. The second kappa shape index (κ2) is 8.54. The zero-order chi connectivity index (χ0) is 19.3. The van der Waals surface area contributed by atoms with Gasteiger partial charge < -0.3 is 9.84 Å². The number of rotatable bonds is 6. The van der Waals surface area contributed by atoms with Crippen molar-refractivity contribution in [1.29, 1.82) is 0 Å². The fraction of sp³-hybridized carbons (Fsp3) is 0.350. The van der Waals surface area contributed by atoms with Crippen LogP contribution in [0.2, 0.25) is 0 Å². The summed E-state index contributed by atoms with van der Waals surface area (Å²) in [7, 11) is -3.43. The number of ether oxygens (including phenoxy) is 1. The molecule has 7 heteroatoms. The molecule has 0 atom stereocenters. The molecule has 0 bridgehead atoms. The van der Waals surface area contributed by atoms with Gasteiger partial charge in [-0.05, 0) is 67.8 Å². The minimum atomic E-state index is -3.43. The molecule has 1 saturated heterocycles. The minimum absolute atomic E-state index is 0.0845. The van der Waals surface area contributed by atoms with Crippen LogP contribution in [0, 0.1) is 0 Å². The van der Waals surface area contributed by atoms with E-state index in [9.17, 15) is 13.5 Å². The molecule has 1 heterocycles. The molecule has 0 saturated carbocycles. The number of aliphatic imine (C=N–C) groups is 1. The van der Waals surface area contributed by atoms with Gasteiger partial charge in [-0.25, -0.2) is 8.42 Å². The lowest BCUT2D eigenvalue weighted by molar-refractivity contribution is 0.318. The number of phenolic OH excluding ortho intramolecular Hbond substituents is 1. The van der Waals surface area contributed by atoms with E-state index in [4.69, 9.17) is 4.74 Å². The van der Waals surface area contributed by atoms with E-state index >= 15 is 0 Å². The van der Waals surface area contributed by atoms with Gasteiger partial charge in [0.15, 0.2) is 11.5 Å². The van der Waals surface area contributed by atoms with Gasteiger partial charge in [-0.15, -0.1) is 0 Å². The predicted molar refractivity (Wildman–Crippen MR) is 106 cm³/mol. The van der Waals surface area contributed by atoms with Crippen LogP contribution in [0.3, 0.4) is 0 Å².